The van der Waals surface area contributed by atoms with Crippen molar-refractivity contribution < 1.29 is 4.74 Å². The summed E-state index contributed by atoms with van der Waals surface area (Å²) in [6.07, 6.45) is 0. The summed E-state index contributed by atoms with van der Waals surface area (Å²) in [6, 6.07) is 17.5. The zero-order chi connectivity index (χ0) is 17.6. The Morgan fingerprint density at radius 2 is 1.76 bits per heavy atom. The number of halogens is 1. The molecule has 0 fully saturated rings. The average Bonchev–Trinajstić information content (AvgIpc) is 2.58. The van der Waals surface area contributed by atoms with Crippen molar-refractivity contribution in [3.8, 4) is 5.75 Å². The van der Waals surface area contributed by atoms with Crippen LogP contribution in [0.2, 0.25) is 0 Å². The molecule has 0 aliphatic carbocycles. The molecule has 6 heteroatoms. The highest BCUT2D eigenvalue weighted by atomic mass is 79.9. The van der Waals surface area contributed by atoms with E-state index in [-0.39, 0.29) is 0 Å². The van der Waals surface area contributed by atoms with E-state index in [1.165, 1.54) is 0 Å². The Labute approximate surface area is 155 Å². The van der Waals surface area contributed by atoms with Gasteiger partial charge in [-0.1, -0.05) is 12.1 Å². The molecule has 0 aliphatic rings. The first-order chi connectivity index (χ1) is 12.1. The van der Waals surface area contributed by atoms with Gasteiger partial charge in [0, 0.05) is 21.9 Å². The number of ether oxygens (including phenoxy) is 1. The predicted molar refractivity (Wildman–Crippen MR) is 105 cm³/mol. The van der Waals surface area contributed by atoms with Crippen LogP contribution in [-0.4, -0.2) is 16.6 Å². The molecule has 0 aliphatic heterocycles. The molecule has 25 heavy (non-hydrogen) atoms. The number of rotatable bonds is 6. The van der Waals surface area contributed by atoms with Crippen molar-refractivity contribution in [2.45, 2.75) is 13.8 Å². The van der Waals surface area contributed by atoms with Crippen LogP contribution in [0.3, 0.4) is 0 Å². The van der Waals surface area contributed by atoms with Gasteiger partial charge in [0.1, 0.15) is 11.6 Å². The highest BCUT2D eigenvalue weighted by molar-refractivity contribution is 9.10. The van der Waals surface area contributed by atoms with E-state index in [9.17, 15) is 0 Å². The molecule has 5 nitrogen and oxygen atoms in total. The zero-order valence-corrected chi connectivity index (χ0v) is 15.7. The Kier molecular flexibility index (Phi) is 5.50. The quantitative estimate of drug-likeness (QED) is 0.579. The summed E-state index contributed by atoms with van der Waals surface area (Å²) >= 11 is 3.52. The van der Waals surface area contributed by atoms with Crippen molar-refractivity contribution in [1.29, 1.82) is 0 Å². The monoisotopic (exact) mass is 398 g/mol. The maximum atomic E-state index is 5.46. The second-order valence-corrected chi connectivity index (χ2v) is 6.26. The van der Waals surface area contributed by atoms with Gasteiger partial charge in [0.15, 0.2) is 0 Å². The van der Waals surface area contributed by atoms with Crippen LogP contribution in [0.1, 0.15) is 12.6 Å². The fourth-order valence-electron chi connectivity index (χ4n) is 2.32. The molecular formula is C19H19BrN4O. The van der Waals surface area contributed by atoms with Crippen LogP contribution in [0, 0.1) is 6.92 Å². The van der Waals surface area contributed by atoms with Gasteiger partial charge in [0.25, 0.3) is 0 Å². The SMILES string of the molecule is CCOc1ccc(Nc2cc(C)nc(Nc3ccccc3Br)n2)cc1. The number of hydrogen-bond donors (Lipinski definition) is 2. The highest BCUT2D eigenvalue weighted by Crippen LogP contribution is 2.25. The van der Waals surface area contributed by atoms with Gasteiger partial charge in [-0.25, -0.2) is 4.98 Å². The molecule has 0 spiro atoms. The van der Waals surface area contributed by atoms with Crippen molar-refractivity contribution >= 4 is 39.1 Å². The lowest BCUT2D eigenvalue weighted by Crippen LogP contribution is -2.02. The summed E-state index contributed by atoms with van der Waals surface area (Å²) in [5, 5.41) is 6.53. The zero-order valence-electron chi connectivity index (χ0n) is 14.1. The number of anilines is 4. The molecule has 0 unspecified atom stereocenters. The number of benzene rings is 2. The Bertz CT molecular complexity index is 852. The molecule has 3 rings (SSSR count). The topological polar surface area (TPSA) is 59.1 Å². The first-order valence-corrected chi connectivity index (χ1v) is 8.80. The minimum Gasteiger partial charge on any atom is -0.494 e. The molecule has 0 saturated carbocycles. The van der Waals surface area contributed by atoms with Gasteiger partial charge in [-0.2, -0.15) is 4.98 Å². The molecule has 1 heterocycles. The van der Waals surface area contributed by atoms with E-state index in [0.29, 0.717) is 12.6 Å². The summed E-state index contributed by atoms with van der Waals surface area (Å²) in [5.41, 5.74) is 2.73. The molecule has 0 bridgehead atoms. The molecule has 0 amide bonds. The van der Waals surface area contributed by atoms with Crippen LogP contribution in [0.4, 0.5) is 23.1 Å². The molecule has 0 atom stereocenters. The Morgan fingerprint density at radius 1 is 1.00 bits per heavy atom. The number of nitrogens with zero attached hydrogens (tertiary/aromatic N) is 2. The number of nitrogens with one attached hydrogen (secondary N) is 2. The Morgan fingerprint density at radius 3 is 2.48 bits per heavy atom. The van der Waals surface area contributed by atoms with E-state index in [1.54, 1.807) is 0 Å². The lowest BCUT2D eigenvalue weighted by Gasteiger charge is -2.11. The molecule has 0 radical (unpaired) electrons. The highest BCUT2D eigenvalue weighted by Gasteiger charge is 2.05. The third-order valence-electron chi connectivity index (χ3n) is 3.41. The van der Waals surface area contributed by atoms with Crippen LogP contribution < -0.4 is 15.4 Å². The summed E-state index contributed by atoms with van der Waals surface area (Å²) in [7, 11) is 0. The lowest BCUT2D eigenvalue weighted by atomic mass is 10.3. The van der Waals surface area contributed by atoms with E-state index >= 15 is 0 Å². The second-order valence-electron chi connectivity index (χ2n) is 5.41. The van der Waals surface area contributed by atoms with E-state index in [4.69, 9.17) is 4.74 Å². The number of hydrogen-bond acceptors (Lipinski definition) is 5. The lowest BCUT2D eigenvalue weighted by molar-refractivity contribution is 0.340. The molecule has 2 N–H and O–H groups in total. The van der Waals surface area contributed by atoms with Crippen molar-refractivity contribution in [3.05, 3.63) is 64.8 Å². The smallest absolute Gasteiger partial charge is 0.229 e. The standard InChI is InChI=1S/C19H19BrN4O/c1-3-25-15-10-8-14(9-11-15)22-18-12-13(2)21-19(24-18)23-17-7-5-4-6-16(17)20/h4-12H,3H2,1-2H3,(H2,21,22,23,24). The van der Waals surface area contributed by atoms with Crippen LogP contribution in [0.25, 0.3) is 0 Å². The number of para-hydroxylation sites is 1. The molecule has 1 aromatic heterocycles. The first kappa shape index (κ1) is 17.2. The Balaban J connectivity index is 1.78. The molecule has 128 valence electrons. The van der Waals surface area contributed by atoms with Gasteiger partial charge in [-0.3, -0.25) is 0 Å². The number of aromatic nitrogens is 2. The largest absolute Gasteiger partial charge is 0.494 e. The fourth-order valence-corrected chi connectivity index (χ4v) is 2.70. The average molecular weight is 399 g/mol. The van der Waals surface area contributed by atoms with E-state index < -0.39 is 0 Å². The Hall–Kier alpha value is -2.60. The number of aryl methyl sites for hydroxylation is 1. The third kappa shape index (κ3) is 4.70. The minimum absolute atomic E-state index is 0.542. The summed E-state index contributed by atoms with van der Waals surface area (Å²) < 4.78 is 6.42. The van der Waals surface area contributed by atoms with E-state index in [0.717, 1.165) is 33.1 Å². The fraction of sp³-hybridized carbons (Fsp3) is 0.158. The van der Waals surface area contributed by atoms with E-state index in [2.05, 4.69) is 36.5 Å². The van der Waals surface area contributed by atoms with Crippen molar-refractivity contribution in [2.24, 2.45) is 0 Å². The third-order valence-corrected chi connectivity index (χ3v) is 4.10. The predicted octanol–water partition coefficient (Wildman–Crippen LogP) is 5.43. The maximum absolute atomic E-state index is 5.46. The summed E-state index contributed by atoms with van der Waals surface area (Å²) in [4.78, 5) is 8.99. The van der Waals surface area contributed by atoms with E-state index in [1.807, 2.05) is 68.4 Å². The summed E-state index contributed by atoms with van der Waals surface area (Å²) in [6.45, 7) is 4.56. The normalized spacial score (nSPS) is 10.4. The first-order valence-electron chi connectivity index (χ1n) is 8.01. The molecule has 3 aromatic rings. The van der Waals surface area contributed by atoms with Gasteiger partial charge >= 0.3 is 0 Å². The molecule has 2 aromatic carbocycles. The summed E-state index contributed by atoms with van der Waals surface area (Å²) in [5.74, 6) is 2.12. The van der Waals surface area contributed by atoms with Gasteiger partial charge in [-0.15, -0.1) is 0 Å². The van der Waals surface area contributed by atoms with Crippen molar-refractivity contribution in [2.75, 3.05) is 17.2 Å². The van der Waals surface area contributed by atoms with Crippen LogP contribution in [0.15, 0.2) is 59.1 Å². The van der Waals surface area contributed by atoms with Crippen LogP contribution in [-0.2, 0) is 0 Å². The minimum atomic E-state index is 0.542. The maximum Gasteiger partial charge on any atom is 0.229 e. The molecule has 0 saturated heterocycles. The van der Waals surface area contributed by atoms with Crippen LogP contribution >= 0.6 is 15.9 Å². The van der Waals surface area contributed by atoms with Gasteiger partial charge in [-0.05, 0) is 66.2 Å². The molecular weight excluding hydrogens is 380 g/mol. The second kappa shape index (κ2) is 7.98. The van der Waals surface area contributed by atoms with Gasteiger partial charge in [0.2, 0.25) is 5.95 Å². The van der Waals surface area contributed by atoms with Crippen LogP contribution in [0.5, 0.6) is 5.75 Å². The van der Waals surface area contributed by atoms with Crippen molar-refractivity contribution in [1.82, 2.24) is 9.97 Å². The van der Waals surface area contributed by atoms with Crippen molar-refractivity contribution in [3.63, 3.8) is 0 Å². The van der Waals surface area contributed by atoms with Gasteiger partial charge < -0.3 is 15.4 Å². The van der Waals surface area contributed by atoms with Gasteiger partial charge in [0.05, 0.1) is 12.3 Å².